The third-order valence-electron chi connectivity index (χ3n) is 6.20. The molecule has 1 unspecified atom stereocenters. The quantitative estimate of drug-likeness (QED) is 0.695. The topological polar surface area (TPSA) is 30.0 Å². The minimum Gasteiger partial charge on any atom is -0.369 e. The van der Waals surface area contributed by atoms with Crippen molar-refractivity contribution in [2.45, 2.75) is 32.2 Å². The molecule has 2 heterocycles. The van der Waals surface area contributed by atoms with Crippen molar-refractivity contribution < 1.29 is 9.18 Å². The predicted octanol–water partition coefficient (Wildman–Crippen LogP) is 3.77. The molecule has 2 aromatic rings. The van der Waals surface area contributed by atoms with Crippen molar-refractivity contribution in [3.63, 3.8) is 0 Å². The Labute approximate surface area is 178 Å². The fourth-order valence-corrected chi connectivity index (χ4v) is 4.52. The van der Waals surface area contributed by atoms with E-state index in [4.69, 9.17) is 0 Å². The highest BCUT2D eigenvalue weighted by Crippen LogP contribution is 2.29. The average Bonchev–Trinajstić information content (AvgIpc) is 3.11. The number of anilines is 2. The van der Waals surface area contributed by atoms with Crippen LogP contribution in [0.15, 0.2) is 54.6 Å². The van der Waals surface area contributed by atoms with Gasteiger partial charge in [-0.05, 0) is 49.2 Å². The lowest BCUT2D eigenvalue weighted by Gasteiger charge is -2.37. The van der Waals surface area contributed by atoms with E-state index in [-0.39, 0.29) is 17.8 Å². The van der Waals surface area contributed by atoms with Crippen LogP contribution < -0.4 is 9.91 Å². The van der Waals surface area contributed by atoms with Crippen LogP contribution in [0, 0.1) is 5.82 Å². The first-order valence-electron chi connectivity index (χ1n) is 11.0. The summed E-state index contributed by atoms with van der Waals surface area (Å²) in [6, 6.07) is 17.3. The molecule has 4 rings (SSSR count). The van der Waals surface area contributed by atoms with Crippen molar-refractivity contribution in [1.29, 1.82) is 0 Å². The van der Waals surface area contributed by atoms with Crippen molar-refractivity contribution >= 4 is 17.3 Å². The molecule has 2 aromatic carbocycles. The molecule has 0 N–H and O–H groups in total. The molecule has 2 aliphatic heterocycles. The second-order valence-corrected chi connectivity index (χ2v) is 8.12. The third-order valence-corrected chi connectivity index (χ3v) is 6.20. The minimum atomic E-state index is -0.191. The summed E-state index contributed by atoms with van der Waals surface area (Å²) in [6.45, 7) is 7.77. The summed E-state index contributed by atoms with van der Waals surface area (Å²) in [4.78, 5) is 17.4. The van der Waals surface area contributed by atoms with Gasteiger partial charge in [0.1, 0.15) is 5.82 Å². The Balaban J connectivity index is 1.28. The van der Waals surface area contributed by atoms with Crippen molar-refractivity contribution in [2.24, 2.45) is 0 Å². The van der Waals surface area contributed by atoms with Gasteiger partial charge in [0.15, 0.2) is 0 Å². The zero-order chi connectivity index (χ0) is 20.9. The monoisotopic (exact) mass is 410 g/mol. The number of piperazine rings is 1. The highest BCUT2D eigenvalue weighted by molar-refractivity contribution is 5.82. The van der Waals surface area contributed by atoms with Crippen LogP contribution in [0.5, 0.6) is 0 Å². The Morgan fingerprint density at radius 3 is 2.27 bits per heavy atom. The first-order valence-corrected chi connectivity index (χ1v) is 11.0. The van der Waals surface area contributed by atoms with E-state index >= 15 is 0 Å². The molecule has 6 heteroatoms. The SMILES string of the molecule is CCC1CC(=O)N(CCCN2CCN(c3ccc(F)cc3)CC2)N1c1ccccc1. The average molecular weight is 411 g/mol. The molecule has 30 heavy (non-hydrogen) atoms. The molecule has 1 amide bonds. The Kier molecular flexibility index (Phi) is 6.53. The molecule has 0 saturated carbocycles. The van der Waals surface area contributed by atoms with Crippen molar-refractivity contribution in [1.82, 2.24) is 9.91 Å². The van der Waals surface area contributed by atoms with Gasteiger partial charge in [-0.1, -0.05) is 25.1 Å². The number of para-hydroxylation sites is 1. The fourth-order valence-electron chi connectivity index (χ4n) is 4.52. The van der Waals surface area contributed by atoms with E-state index in [2.05, 4.69) is 33.9 Å². The molecular formula is C24H31FN4O. The van der Waals surface area contributed by atoms with Gasteiger partial charge >= 0.3 is 0 Å². The highest BCUT2D eigenvalue weighted by atomic mass is 19.1. The van der Waals surface area contributed by atoms with Crippen molar-refractivity contribution in [3.05, 3.63) is 60.4 Å². The van der Waals surface area contributed by atoms with Gasteiger partial charge in [-0.2, -0.15) is 0 Å². The van der Waals surface area contributed by atoms with Crippen LogP contribution >= 0.6 is 0 Å². The van der Waals surface area contributed by atoms with Gasteiger partial charge in [0.2, 0.25) is 5.91 Å². The van der Waals surface area contributed by atoms with Gasteiger partial charge in [-0.25, -0.2) is 4.39 Å². The third kappa shape index (κ3) is 4.59. The maximum absolute atomic E-state index is 13.1. The Hall–Kier alpha value is -2.60. The highest BCUT2D eigenvalue weighted by Gasteiger charge is 2.36. The van der Waals surface area contributed by atoms with Crippen LogP contribution in [-0.2, 0) is 4.79 Å². The first kappa shape index (κ1) is 20.7. The second kappa shape index (κ2) is 9.47. The summed E-state index contributed by atoms with van der Waals surface area (Å²) in [5.41, 5.74) is 2.19. The molecule has 1 atom stereocenters. The lowest BCUT2D eigenvalue weighted by molar-refractivity contribution is -0.128. The Morgan fingerprint density at radius 2 is 1.60 bits per heavy atom. The molecule has 5 nitrogen and oxygen atoms in total. The maximum atomic E-state index is 13.1. The standard InChI is InChI=1S/C24H31FN4O/c1-2-21-19-24(30)28(29(21)23-7-4-3-5-8-23)14-6-13-26-15-17-27(18-16-26)22-11-9-20(25)10-12-22/h3-5,7-12,21H,2,6,13-19H2,1H3. The van der Waals surface area contributed by atoms with E-state index in [1.807, 2.05) is 35.3 Å². The lowest BCUT2D eigenvalue weighted by atomic mass is 10.1. The van der Waals surface area contributed by atoms with Crippen LogP contribution in [0.2, 0.25) is 0 Å². The summed E-state index contributed by atoms with van der Waals surface area (Å²) in [5, 5.41) is 4.16. The number of rotatable bonds is 7. The smallest absolute Gasteiger partial charge is 0.243 e. The summed E-state index contributed by atoms with van der Waals surface area (Å²) in [5.74, 6) is 0.0375. The molecule has 2 fully saturated rings. The number of benzene rings is 2. The van der Waals surface area contributed by atoms with Crippen LogP contribution in [0.25, 0.3) is 0 Å². The molecule has 0 spiro atoms. The molecule has 0 radical (unpaired) electrons. The molecule has 160 valence electrons. The van der Waals surface area contributed by atoms with Crippen molar-refractivity contribution in [2.75, 3.05) is 49.2 Å². The van der Waals surface area contributed by atoms with Gasteiger partial charge in [0, 0.05) is 45.0 Å². The zero-order valence-corrected chi connectivity index (χ0v) is 17.7. The molecule has 2 aliphatic rings. The predicted molar refractivity (Wildman–Crippen MR) is 119 cm³/mol. The number of amides is 1. The van der Waals surface area contributed by atoms with Crippen LogP contribution in [-0.4, -0.2) is 61.1 Å². The van der Waals surface area contributed by atoms with E-state index in [1.165, 1.54) is 12.1 Å². The normalized spacial score (nSPS) is 20.3. The fraction of sp³-hybridized carbons (Fsp3) is 0.458. The Morgan fingerprint density at radius 1 is 0.900 bits per heavy atom. The summed E-state index contributed by atoms with van der Waals surface area (Å²) >= 11 is 0. The van der Waals surface area contributed by atoms with Gasteiger partial charge in [-0.15, -0.1) is 0 Å². The van der Waals surface area contributed by atoms with Gasteiger partial charge in [0.05, 0.1) is 18.2 Å². The molecule has 0 aromatic heterocycles. The Bertz CT molecular complexity index is 821. The van der Waals surface area contributed by atoms with Crippen molar-refractivity contribution in [3.8, 4) is 0 Å². The molecule has 0 aliphatic carbocycles. The number of nitrogens with zero attached hydrogens (tertiary/aromatic N) is 4. The molecule has 2 saturated heterocycles. The van der Waals surface area contributed by atoms with Gasteiger partial charge < -0.3 is 4.90 Å². The largest absolute Gasteiger partial charge is 0.369 e. The van der Waals surface area contributed by atoms with Gasteiger partial charge in [0.25, 0.3) is 0 Å². The van der Waals surface area contributed by atoms with E-state index in [9.17, 15) is 9.18 Å². The summed E-state index contributed by atoms with van der Waals surface area (Å²) < 4.78 is 13.1. The van der Waals surface area contributed by atoms with Gasteiger partial charge in [-0.3, -0.25) is 19.7 Å². The number of hydrogen-bond donors (Lipinski definition) is 0. The first-order chi connectivity index (χ1) is 14.7. The number of hydrazine groups is 1. The van der Waals surface area contributed by atoms with E-state index in [1.54, 1.807) is 0 Å². The molecular weight excluding hydrogens is 379 g/mol. The zero-order valence-electron chi connectivity index (χ0n) is 17.7. The van der Waals surface area contributed by atoms with E-state index < -0.39 is 0 Å². The number of hydrogen-bond acceptors (Lipinski definition) is 4. The van der Waals surface area contributed by atoms with E-state index in [0.29, 0.717) is 6.42 Å². The lowest BCUT2D eigenvalue weighted by Crippen LogP contribution is -2.48. The minimum absolute atomic E-state index is 0.191. The molecule has 0 bridgehead atoms. The van der Waals surface area contributed by atoms with Crippen LogP contribution in [0.1, 0.15) is 26.2 Å². The number of halogens is 1. The number of carbonyl (C=O) groups excluding carboxylic acids is 1. The summed E-state index contributed by atoms with van der Waals surface area (Å²) in [7, 11) is 0. The summed E-state index contributed by atoms with van der Waals surface area (Å²) in [6.07, 6.45) is 2.52. The second-order valence-electron chi connectivity index (χ2n) is 8.12. The van der Waals surface area contributed by atoms with Crippen LogP contribution in [0.3, 0.4) is 0 Å². The number of carbonyl (C=O) groups is 1. The van der Waals surface area contributed by atoms with Crippen LogP contribution in [0.4, 0.5) is 15.8 Å². The van der Waals surface area contributed by atoms with E-state index in [0.717, 1.165) is 63.5 Å². The maximum Gasteiger partial charge on any atom is 0.243 e.